The van der Waals surface area contributed by atoms with E-state index in [9.17, 15) is 4.79 Å². The zero-order chi connectivity index (χ0) is 18.4. The van der Waals surface area contributed by atoms with Gasteiger partial charge in [-0.1, -0.05) is 42.2 Å². The number of rotatable bonds is 7. The predicted molar refractivity (Wildman–Crippen MR) is 107 cm³/mol. The summed E-state index contributed by atoms with van der Waals surface area (Å²) in [6.07, 6.45) is 4.49. The minimum absolute atomic E-state index is 0.205. The molecule has 1 amide bonds. The molecule has 0 aliphatic carbocycles. The summed E-state index contributed by atoms with van der Waals surface area (Å²) >= 11 is 2.90. The van der Waals surface area contributed by atoms with Crippen LogP contribution >= 0.6 is 23.1 Å². The van der Waals surface area contributed by atoms with Gasteiger partial charge in [0.1, 0.15) is 5.75 Å². The fraction of sp³-hybridized carbons (Fsp3) is 0.500. The first-order valence-corrected chi connectivity index (χ1v) is 10.7. The third kappa shape index (κ3) is 4.67. The molecule has 26 heavy (non-hydrogen) atoms. The van der Waals surface area contributed by atoms with Gasteiger partial charge < -0.3 is 15.0 Å². The molecule has 2 aromatic rings. The van der Waals surface area contributed by atoms with Gasteiger partial charge >= 0.3 is 0 Å². The quantitative estimate of drug-likeness (QED) is 0.713. The SMILES string of the molecule is CCC1CCCCN1C(=O)CSc1nnc(Nc2ccccc2OC)s1. The molecule has 8 heteroatoms. The Balaban J connectivity index is 1.56. The Morgan fingerprint density at radius 2 is 2.23 bits per heavy atom. The van der Waals surface area contributed by atoms with Crippen LogP contribution in [0.5, 0.6) is 5.75 Å². The summed E-state index contributed by atoms with van der Waals surface area (Å²) in [5.74, 6) is 1.37. The molecular formula is C18H24N4O2S2. The van der Waals surface area contributed by atoms with Crippen molar-refractivity contribution in [2.75, 3.05) is 24.7 Å². The van der Waals surface area contributed by atoms with Crippen LogP contribution in [-0.2, 0) is 4.79 Å². The molecule has 0 bridgehead atoms. The number of ether oxygens (including phenoxy) is 1. The van der Waals surface area contributed by atoms with Crippen molar-refractivity contribution in [2.24, 2.45) is 0 Å². The molecule has 1 aromatic carbocycles. The van der Waals surface area contributed by atoms with Gasteiger partial charge in [0.2, 0.25) is 11.0 Å². The van der Waals surface area contributed by atoms with Gasteiger partial charge in [0.05, 0.1) is 18.6 Å². The summed E-state index contributed by atoms with van der Waals surface area (Å²) in [6.45, 7) is 3.04. The van der Waals surface area contributed by atoms with Gasteiger partial charge in [0.25, 0.3) is 0 Å². The summed E-state index contributed by atoms with van der Waals surface area (Å²) in [5, 5.41) is 12.3. The summed E-state index contributed by atoms with van der Waals surface area (Å²) in [4.78, 5) is 14.6. The van der Waals surface area contributed by atoms with E-state index in [1.807, 2.05) is 29.2 Å². The van der Waals surface area contributed by atoms with Crippen molar-refractivity contribution in [3.05, 3.63) is 24.3 Å². The molecule has 1 aliphatic rings. The summed E-state index contributed by atoms with van der Waals surface area (Å²) in [7, 11) is 1.64. The van der Waals surface area contributed by atoms with E-state index in [2.05, 4.69) is 22.4 Å². The molecule has 1 unspecified atom stereocenters. The maximum atomic E-state index is 12.6. The number of aromatic nitrogens is 2. The Morgan fingerprint density at radius 1 is 1.38 bits per heavy atom. The summed E-state index contributed by atoms with van der Waals surface area (Å²) in [6, 6.07) is 8.07. The number of amides is 1. The number of carbonyl (C=O) groups is 1. The number of piperidine rings is 1. The van der Waals surface area contributed by atoms with Crippen molar-refractivity contribution in [3.8, 4) is 5.75 Å². The number of methoxy groups -OCH3 is 1. The highest BCUT2D eigenvalue weighted by Gasteiger charge is 2.25. The lowest BCUT2D eigenvalue weighted by molar-refractivity contribution is -0.132. The number of likely N-dealkylation sites (tertiary alicyclic amines) is 1. The molecular weight excluding hydrogens is 368 g/mol. The average Bonchev–Trinajstić information content (AvgIpc) is 3.14. The third-order valence-corrected chi connectivity index (χ3v) is 6.45. The average molecular weight is 393 g/mol. The van der Waals surface area contributed by atoms with E-state index in [4.69, 9.17) is 4.74 Å². The number of nitrogens with zero attached hydrogens (tertiary/aromatic N) is 3. The standard InChI is InChI=1S/C18H24N4O2S2/c1-3-13-8-6-7-11-22(13)16(23)12-25-18-21-20-17(26-18)19-14-9-4-5-10-15(14)24-2/h4-5,9-10,13H,3,6-8,11-12H2,1-2H3,(H,19,20). The van der Waals surface area contributed by atoms with Crippen LogP contribution in [-0.4, -0.2) is 46.5 Å². The Kier molecular flexibility index (Phi) is 6.73. The molecule has 6 nitrogen and oxygen atoms in total. The first-order chi connectivity index (χ1) is 12.7. The Morgan fingerprint density at radius 3 is 3.04 bits per heavy atom. The van der Waals surface area contributed by atoms with E-state index in [0.29, 0.717) is 16.9 Å². The molecule has 2 heterocycles. The molecule has 1 fully saturated rings. The topological polar surface area (TPSA) is 67.4 Å². The van der Waals surface area contributed by atoms with Gasteiger partial charge in [0.15, 0.2) is 4.34 Å². The number of hydrogen-bond acceptors (Lipinski definition) is 7. The number of carbonyl (C=O) groups excluding carboxylic acids is 1. The second-order valence-electron chi connectivity index (χ2n) is 6.13. The highest BCUT2D eigenvalue weighted by Crippen LogP contribution is 2.31. The van der Waals surface area contributed by atoms with Crippen molar-refractivity contribution >= 4 is 39.8 Å². The zero-order valence-corrected chi connectivity index (χ0v) is 16.7. The normalized spacial score (nSPS) is 17.2. The second-order valence-corrected chi connectivity index (χ2v) is 8.33. The minimum Gasteiger partial charge on any atom is -0.495 e. The van der Waals surface area contributed by atoms with E-state index >= 15 is 0 Å². The van der Waals surface area contributed by atoms with Gasteiger partial charge in [-0.25, -0.2) is 0 Å². The molecule has 0 radical (unpaired) electrons. The first-order valence-electron chi connectivity index (χ1n) is 8.87. The Labute approximate surface area is 162 Å². The van der Waals surface area contributed by atoms with Crippen molar-refractivity contribution in [1.82, 2.24) is 15.1 Å². The Hall–Kier alpha value is -1.80. The molecule has 1 aromatic heterocycles. The molecule has 0 saturated carbocycles. The van der Waals surface area contributed by atoms with Crippen LogP contribution in [0.4, 0.5) is 10.8 Å². The summed E-state index contributed by atoms with van der Waals surface area (Å²) < 4.78 is 6.12. The predicted octanol–water partition coefficient (Wildman–Crippen LogP) is 4.17. The summed E-state index contributed by atoms with van der Waals surface area (Å²) in [5.41, 5.74) is 0.845. The number of hydrogen-bond donors (Lipinski definition) is 1. The molecule has 1 N–H and O–H groups in total. The van der Waals surface area contributed by atoms with Crippen LogP contribution in [0.1, 0.15) is 32.6 Å². The number of anilines is 2. The van der Waals surface area contributed by atoms with Crippen LogP contribution in [0.2, 0.25) is 0 Å². The smallest absolute Gasteiger partial charge is 0.233 e. The van der Waals surface area contributed by atoms with Gasteiger partial charge in [-0.2, -0.15) is 0 Å². The lowest BCUT2D eigenvalue weighted by atomic mass is 10.0. The molecule has 3 rings (SSSR count). The van der Waals surface area contributed by atoms with Crippen LogP contribution in [0, 0.1) is 0 Å². The molecule has 1 saturated heterocycles. The number of nitrogens with one attached hydrogen (secondary N) is 1. The molecule has 0 spiro atoms. The van der Waals surface area contributed by atoms with E-state index in [1.54, 1.807) is 7.11 Å². The van der Waals surface area contributed by atoms with E-state index in [1.165, 1.54) is 29.5 Å². The fourth-order valence-electron chi connectivity index (χ4n) is 3.14. The lowest BCUT2D eigenvalue weighted by Gasteiger charge is -2.35. The number of benzene rings is 1. The highest BCUT2D eigenvalue weighted by molar-refractivity contribution is 8.01. The van der Waals surface area contributed by atoms with Crippen molar-refractivity contribution in [3.63, 3.8) is 0 Å². The van der Waals surface area contributed by atoms with E-state index < -0.39 is 0 Å². The van der Waals surface area contributed by atoms with Gasteiger partial charge in [-0.3, -0.25) is 4.79 Å². The van der Waals surface area contributed by atoms with Gasteiger partial charge in [0, 0.05) is 12.6 Å². The van der Waals surface area contributed by atoms with Crippen molar-refractivity contribution in [1.29, 1.82) is 0 Å². The first kappa shape index (κ1) is 19.0. The number of thioether (sulfide) groups is 1. The lowest BCUT2D eigenvalue weighted by Crippen LogP contribution is -2.44. The van der Waals surface area contributed by atoms with Crippen LogP contribution in [0.15, 0.2) is 28.6 Å². The second kappa shape index (κ2) is 9.23. The fourth-order valence-corrected chi connectivity index (χ4v) is 4.79. The molecule has 1 aliphatic heterocycles. The molecule has 1 atom stereocenters. The van der Waals surface area contributed by atoms with Crippen molar-refractivity contribution in [2.45, 2.75) is 43.0 Å². The van der Waals surface area contributed by atoms with Crippen LogP contribution in [0.3, 0.4) is 0 Å². The monoisotopic (exact) mass is 392 g/mol. The number of para-hydroxylation sites is 2. The third-order valence-electron chi connectivity index (χ3n) is 4.49. The maximum absolute atomic E-state index is 12.6. The largest absolute Gasteiger partial charge is 0.495 e. The maximum Gasteiger partial charge on any atom is 0.233 e. The van der Waals surface area contributed by atoms with Crippen molar-refractivity contribution < 1.29 is 9.53 Å². The Bertz CT molecular complexity index is 737. The minimum atomic E-state index is 0.205. The molecule has 140 valence electrons. The van der Waals surface area contributed by atoms with E-state index in [-0.39, 0.29) is 5.91 Å². The zero-order valence-electron chi connectivity index (χ0n) is 15.1. The van der Waals surface area contributed by atoms with Gasteiger partial charge in [-0.05, 0) is 37.8 Å². The van der Waals surface area contributed by atoms with E-state index in [0.717, 1.165) is 41.6 Å². The highest BCUT2D eigenvalue weighted by atomic mass is 32.2. The van der Waals surface area contributed by atoms with Crippen LogP contribution < -0.4 is 10.1 Å². The van der Waals surface area contributed by atoms with Gasteiger partial charge in [-0.15, -0.1) is 10.2 Å². The van der Waals surface area contributed by atoms with Crippen LogP contribution in [0.25, 0.3) is 0 Å².